The summed E-state index contributed by atoms with van der Waals surface area (Å²) in [6, 6.07) is 13.0. The Hall–Kier alpha value is -3.13. The first-order chi connectivity index (χ1) is 15.6. The van der Waals surface area contributed by atoms with E-state index in [1.807, 2.05) is 28.8 Å². The van der Waals surface area contributed by atoms with Crippen molar-refractivity contribution in [3.63, 3.8) is 0 Å². The smallest absolute Gasteiger partial charge is 0.337 e. The number of nitrogens with one attached hydrogen (secondary N) is 1. The second kappa shape index (κ2) is 8.78. The minimum Gasteiger partial charge on any atom is -0.465 e. The summed E-state index contributed by atoms with van der Waals surface area (Å²) in [6.07, 6.45) is 5.39. The van der Waals surface area contributed by atoms with Gasteiger partial charge in [-0.2, -0.15) is 0 Å². The minimum absolute atomic E-state index is 0.0505. The first-order valence-corrected chi connectivity index (χ1v) is 11.8. The molecule has 0 bridgehead atoms. The maximum absolute atomic E-state index is 13.5. The molecule has 2 aromatic carbocycles. The van der Waals surface area contributed by atoms with E-state index in [2.05, 4.69) is 9.97 Å². The highest BCUT2D eigenvalue weighted by atomic mass is 32.2. The number of esters is 1. The monoisotopic (exact) mass is 448 g/mol. The molecule has 0 saturated heterocycles. The molecule has 7 nitrogen and oxygen atoms in total. The zero-order valence-electron chi connectivity index (χ0n) is 17.8. The fraction of sp³-hybridized carbons (Fsp3) is 0.333. The molecule has 32 heavy (non-hydrogen) atoms. The molecule has 1 fully saturated rings. The Morgan fingerprint density at radius 2 is 1.94 bits per heavy atom. The van der Waals surface area contributed by atoms with Gasteiger partial charge in [0, 0.05) is 6.04 Å². The molecule has 4 aromatic rings. The van der Waals surface area contributed by atoms with Crippen LogP contribution in [0.3, 0.4) is 0 Å². The SMILES string of the molecule is COC(=O)c1ccc2c(=O)n(C3CCCCC3)c(SCc3nc4ccccc4[nH]3)nc2c1. The molecular formula is C24H24N4O3S. The first kappa shape index (κ1) is 20.8. The van der Waals surface area contributed by atoms with E-state index in [0.29, 0.717) is 27.4 Å². The third kappa shape index (κ3) is 3.90. The van der Waals surface area contributed by atoms with Crippen molar-refractivity contribution in [2.75, 3.05) is 7.11 Å². The number of carbonyl (C=O) groups excluding carboxylic acids is 1. The summed E-state index contributed by atoms with van der Waals surface area (Å²) in [4.78, 5) is 38.3. The topological polar surface area (TPSA) is 89.9 Å². The van der Waals surface area contributed by atoms with Crippen molar-refractivity contribution >= 4 is 39.7 Å². The second-order valence-corrected chi connectivity index (χ2v) is 9.02. The molecule has 1 N–H and O–H groups in total. The number of rotatable bonds is 5. The van der Waals surface area contributed by atoms with Gasteiger partial charge in [-0.1, -0.05) is 43.2 Å². The lowest BCUT2D eigenvalue weighted by atomic mass is 9.95. The van der Waals surface area contributed by atoms with E-state index in [9.17, 15) is 9.59 Å². The van der Waals surface area contributed by atoms with Crippen LogP contribution >= 0.6 is 11.8 Å². The number of fused-ring (bicyclic) bond motifs is 2. The van der Waals surface area contributed by atoms with Crippen LogP contribution in [0.2, 0.25) is 0 Å². The number of benzene rings is 2. The number of nitrogens with zero attached hydrogens (tertiary/aromatic N) is 3. The lowest BCUT2D eigenvalue weighted by Crippen LogP contribution is -2.29. The van der Waals surface area contributed by atoms with Gasteiger partial charge in [-0.05, 0) is 43.2 Å². The van der Waals surface area contributed by atoms with Crippen LogP contribution in [0.4, 0.5) is 0 Å². The average Bonchev–Trinajstić information content (AvgIpc) is 3.25. The number of ether oxygens (including phenoxy) is 1. The van der Waals surface area contributed by atoms with Crippen LogP contribution in [-0.2, 0) is 10.5 Å². The number of hydrogen-bond donors (Lipinski definition) is 1. The molecular weight excluding hydrogens is 424 g/mol. The van der Waals surface area contributed by atoms with Gasteiger partial charge in [0.05, 0.1) is 40.4 Å². The van der Waals surface area contributed by atoms with E-state index in [1.54, 1.807) is 18.2 Å². The molecule has 1 saturated carbocycles. The van der Waals surface area contributed by atoms with Crippen molar-refractivity contribution in [2.24, 2.45) is 0 Å². The number of imidazole rings is 1. The third-order valence-corrected chi connectivity index (χ3v) is 6.97. The van der Waals surface area contributed by atoms with Crippen molar-refractivity contribution in [3.8, 4) is 0 Å². The molecule has 0 spiro atoms. The standard InChI is InChI=1S/C24H24N4O3S/c1-31-23(30)15-11-12-17-20(13-15)27-24(28(22(17)29)16-7-3-2-4-8-16)32-14-21-25-18-9-5-6-10-19(18)26-21/h5-6,9-13,16H,2-4,7-8,14H2,1H3,(H,25,26). The molecule has 0 atom stereocenters. The zero-order valence-corrected chi connectivity index (χ0v) is 18.7. The van der Waals surface area contributed by atoms with Gasteiger partial charge < -0.3 is 9.72 Å². The highest BCUT2D eigenvalue weighted by Crippen LogP contribution is 2.32. The van der Waals surface area contributed by atoms with Crippen LogP contribution in [0, 0.1) is 0 Å². The molecule has 0 aliphatic heterocycles. The Kier molecular flexibility index (Phi) is 5.70. The summed E-state index contributed by atoms with van der Waals surface area (Å²) in [5.41, 5.74) is 2.75. The van der Waals surface area contributed by atoms with E-state index in [1.165, 1.54) is 25.3 Å². The van der Waals surface area contributed by atoms with Crippen LogP contribution < -0.4 is 5.56 Å². The highest BCUT2D eigenvalue weighted by molar-refractivity contribution is 7.98. The number of para-hydroxylation sites is 2. The molecule has 1 aliphatic rings. The van der Waals surface area contributed by atoms with Crippen LogP contribution in [-0.4, -0.2) is 32.6 Å². The van der Waals surface area contributed by atoms with Gasteiger partial charge in [0.1, 0.15) is 5.82 Å². The maximum atomic E-state index is 13.5. The van der Waals surface area contributed by atoms with E-state index < -0.39 is 5.97 Å². The predicted molar refractivity (Wildman–Crippen MR) is 125 cm³/mol. The van der Waals surface area contributed by atoms with E-state index >= 15 is 0 Å². The predicted octanol–water partition coefficient (Wildman–Crippen LogP) is 4.86. The van der Waals surface area contributed by atoms with Crippen molar-refractivity contribution in [3.05, 3.63) is 64.2 Å². The lowest BCUT2D eigenvalue weighted by Gasteiger charge is -2.26. The van der Waals surface area contributed by atoms with E-state index in [-0.39, 0.29) is 11.6 Å². The Balaban J connectivity index is 1.56. The van der Waals surface area contributed by atoms with Crippen molar-refractivity contribution < 1.29 is 9.53 Å². The third-order valence-electron chi connectivity index (χ3n) is 6.01. The normalized spacial score (nSPS) is 14.8. The molecule has 2 aromatic heterocycles. The quantitative estimate of drug-likeness (QED) is 0.266. The fourth-order valence-corrected chi connectivity index (χ4v) is 5.33. The maximum Gasteiger partial charge on any atom is 0.337 e. The molecule has 1 aliphatic carbocycles. The largest absolute Gasteiger partial charge is 0.465 e. The molecule has 8 heteroatoms. The number of carbonyl (C=O) groups is 1. The van der Waals surface area contributed by atoms with Crippen LogP contribution in [0.1, 0.15) is 54.3 Å². The van der Waals surface area contributed by atoms with Gasteiger partial charge in [-0.15, -0.1) is 0 Å². The molecule has 164 valence electrons. The van der Waals surface area contributed by atoms with Gasteiger partial charge in [0.25, 0.3) is 5.56 Å². The summed E-state index contributed by atoms with van der Waals surface area (Å²) in [5.74, 6) is 0.960. The Morgan fingerprint density at radius 3 is 2.72 bits per heavy atom. The van der Waals surface area contributed by atoms with E-state index in [4.69, 9.17) is 9.72 Å². The van der Waals surface area contributed by atoms with Gasteiger partial charge in [-0.3, -0.25) is 9.36 Å². The lowest BCUT2D eigenvalue weighted by molar-refractivity contribution is 0.0601. The second-order valence-electron chi connectivity index (χ2n) is 8.07. The van der Waals surface area contributed by atoms with Gasteiger partial charge in [0.2, 0.25) is 0 Å². The summed E-state index contributed by atoms with van der Waals surface area (Å²) >= 11 is 1.50. The summed E-state index contributed by atoms with van der Waals surface area (Å²) < 4.78 is 6.70. The Labute approximate surface area is 189 Å². The number of methoxy groups -OCH3 is 1. The number of thioether (sulfide) groups is 1. The number of aromatic nitrogens is 4. The summed E-state index contributed by atoms with van der Waals surface area (Å²) in [5, 5.41) is 1.19. The molecule has 0 unspecified atom stereocenters. The zero-order chi connectivity index (χ0) is 22.1. The highest BCUT2D eigenvalue weighted by Gasteiger charge is 2.23. The van der Waals surface area contributed by atoms with Crippen molar-refractivity contribution in [1.29, 1.82) is 0 Å². The van der Waals surface area contributed by atoms with Crippen LogP contribution in [0.5, 0.6) is 0 Å². The van der Waals surface area contributed by atoms with E-state index in [0.717, 1.165) is 42.5 Å². The van der Waals surface area contributed by atoms with Crippen LogP contribution in [0.25, 0.3) is 21.9 Å². The van der Waals surface area contributed by atoms with Crippen molar-refractivity contribution in [1.82, 2.24) is 19.5 Å². The van der Waals surface area contributed by atoms with Gasteiger partial charge >= 0.3 is 5.97 Å². The first-order valence-electron chi connectivity index (χ1n) is 10.8. The molecule has 2 heterocycles. The summed E-state index contributed by atoms with van der Waals surface area (Å²) in [6.45, 7) is 0. The molecule has 0 amide bonds. The van der Waals surface area contributed by atoms with Crippen LogP contribution in [0.15, 0.2) is 52.4 Å². The van der Waals surface area contributed by atoms with Crippen molar-refractivity contribution in [2.45, 2.75) is 49.1 Å². The minimum atomic E-state index is -0.443. The Bertz CT molecular complexity index is 1320. The molecule has 5 rings (SSSR count). The fourth-order valence-electron chi connectivity index (χ4n) is 4.39. The average molecular weight is 449 g/mol. The Morgan fingerprint density at radius 1 is 1.12 bits per heavy atom. The number of aromatic amines is 1. The number of hydrogen-bond acceptors (Lipinski definition) is 6. The van der Waals surface area contributed by atoms with Gasteiger partial charge in [-0.25, -0.2) is 14.8 Å². The number of H-pyrrole nitrogens is 1. The molecule has 0 radical (unpaired) electrons. The van der Waals surface area contributed by atoms with Gasteiger partial charge in [0.15, 0.2) is 5.16 Å². The summed E-state index contributed by atoms with van der Waals surface area (Å²) in [7, 11) is 1.34.